The Labute approximate surface area is 102 Å². The van der Waals surface area contributed by atoms with Gasteiger partial charge in [-0.25, -0.2) is 4.79 Å². The molecule has 1 aliphatic heterocycles. The van der Waals surface area contributed by atoms with Gasteiger partial charge in [0, 0.05) is 6.92 Å². The zero-order valence-corrected chi connectivity index (χ0v) is 9.61. The molecule has 1 fully saturated rings. The predicted octanol–water partition coefficient (Wildman–Crippen LogP) is -3.37. The maximum atomic E-state index is 11.2. The zero-order chi connectivity index (χ0) is 13.9. The van der Waals surface area contributed by atoms with Gasteiger partial charge in [0.05, 0.1) is 6.61 Å². The van der Waals surface area contributed by atoms with E-state index < -0.39 is 49.2 Å². The number of hydrogen-bond acceptors (Lipinski definition) is 7. The molecule has 1 aliphatic rings. The first-order valence-corrected chi connectivity index (χ1v) is 5.25. The zero-order valence-electron chi connectivity index (χ0n) is 9.61. The molecule has 0 spiro atoms. The lowest BCUT2D eigenvalue weighted by Gasteiger charge is -2.39. The predicted molar refractivity (Wildman–Crippen MR) is 56.1 cm³/mol. The summed E-state index contributed by atoms with van der Waals surface area (Å²) in [6.07, 6.45) is -7.14. The lowest BCUT2D eigenvalue weighted by Crippen LogP contribution is -2.64. The van der Waals surface area contributed by atoms with E-state index in [0.717, 1.165) is 6.92 Å². The van der Waals surface area contributed by atoms with Crippen LogP contribution in [-0.2, 0) is 9.53 Å². The van der Waals surface area contributed by atoms with Crippen LogP contribution >= 0.6 is 0 Å². The van der Waals surface area contributed by atoms with Gasteiger partial charge in [-0.15, -0.1) is 0 Å². The quantitative estimate of drug-likeness (QED) is 0.305. The number of carbonyl (C=O) groups is 2. The monoisotopic (exact) mass is 264 g/mol. The van der Waals surface area contributed by atoms with Crippen molar-refractivity contribution >= 4 is 11.9 Å². The Morgan fingerprint density at radius 3 is 2.28 bits per heavy atom. The average Bonchev–Trinajstić information content (AvgIpc) is 2.29. The maximum Gasteiger partial charge on any atom is 0.323 e. The summed E-state index contributed by atoms with van der Waals surface area (Å²) in [5.41, 5.74) is 0. The topological polar surface area (TPSA) is 148 Å². The number of amides is 3. The highest BCUT2D eigenvalue weighted by Gasteiger charge is 2.43. The van der Waals surface area contributed by atoms with Crippen LogP contribution in [0, 0.1) is 0 Å². The first-order valence-electron chi connectivity index (χ1n) is 5.25. The number of hydrogen-bond donors (Lipinski definition) is 6. The van der Waals surface area contributed by atoms with Crippen LogP contribution in [0.25, 0.3) is 0 Å². The molecule has 0 aliphatic carbocycles. The van der Waals surface area contributed by atoms with Crippen LogP contribution in [0.15, 0.2) is 0 Å². The van der Waals surface area contributed by atoms with Gasteiger partial charge in [0.15, 0.2) is 6.23 Å². The summed E-state index contributed by atoms with van der Waals surface area (Å²) in [4.78, 5) is 21.8. The Bertz CT molecular complexity index is 322. The van der Waals surface area contributed by atoms with E-state index >= 15 is 0 Å². The molecule has 0 bridgehead atoms. The van der Waals surface area contributed by atoms with Crippen molar-refractivity contribution in [2.45, 2.75) is 37.6 Å². The van der Waals surface area contributed by atoms with Crippen LogP contribution in [0.4, 0.5) is 4.79 Å². The van der Waals surface area contributed by atoms with Crippen molar-refractivity contribution in [1.29, 1.82) is 0 Å². The molecule has 1 heterocycles. The summed E-state index contributed by atoms with van der Waals surface area (Å²) in [6.45, 7) is 0.518. The molecular formula is C9H16N2O7. The summed E-state index contributed by atoms with van der Waals surface area (Å²) in [5, 5.41) is 41.3. The van der Waals surface area contributed by atoms with E-state index in [0.29, 0.717) is 0 Å². The summed E-state index contributed by atoms with van der Waals surface area (Å²) in [5.74, 6) is -0.614. The van der Waals surface area contributed by atoms with Gasteiger partial charge in [-0.1, -0.05) is 0 Å². The molecule has 3 amide bonds. The minimum absolute atomic E-state index is 0.600. The van der Waals surface area contributed by atoms with Crippen LogP contribution < -0.4 is 10.6 Å². The average molecular weight is 264 g/mol. The minimum atomic E-state index is -1.58. The molecule has 104 valence electrons. The molecule has 6 N–H and O–H groups in total. The SMILES string of the molecule is CC(=O)NC(=O)N[C@H]1O[C@@H](CO)[C@H](O)[C@@H](O)[C@@H]1O. The standard InChI is InChI=1S/C9H16N2O7/c1-3(13)10-9(17)11-8-7(16)6(15)5(14)4(2-12)18-8/h4-8,12,14-16H,2H2,1H3,(H2,10,11,13,17)/t4-,5-,6+,7-,8-/m0/s1. The fraction of sp³-hybridized carbons (Fsp3) is 0.778. The second kappa shape index (κ2) is 6.07. The number of imide groups is 1. The second-order valence-corrected chi connectivity index (χ2v) is 3.90. The number of aliphatic hydroxyl groups excluding tert-OH is 4. The molecule has 18 heavy (non-hydrogen) atoms. The highest BCUT2D eigenvalue weighted by Crippen LogP contribution is 2.19. The van der Waals surface area contributed by atoms with Gasteiger partial charge in [-0.2, -0.15) is 0 Å². The summed E-state index contributed by atoms with van der Waals surface area (Å²) < 4.78 is 4.99. The third-order valence-corrected chi connectivity index (χ3v) is 2.46. The van der Waals surface area contributed by atoms with Crippen LogP contribution in [0.2, 0.25) is 0 Å². The Kier molecular flexibility index (Phi) is 4.99. The van der Waals surface area contributed by atoms with Crippen molar-refractivity contribution in [2.24, 2.45) is 0 Å². The Hall–Kier alpha value is -1.26. The van der Waals surface area contributed by atoms with Crippen molar-refractivity contribution < 1.29 is 34.8 Å². The lowest BCUT2D eigenvalue weighted by molar-refractivity contribution is -0.233. The Morgan fingerprint density at radius 1 is 1.17 bits per heavy atom. The van der Waals surface area contributed by atoms with E-state index in [1.54, 1.807) is 0 Å². The number of carbonyl (C=O) groups excluding carboxylic acids is 2. The van der Waals surface area contributed by atoms with Gasteiger partial charge in [0.25, 0.3) is 0 Å². The molecule has 0 radical (unpaired) electrons. The van der Waals surface area contributed by atoms with Gasteiger partial charge < -0.3 is 30.5 Å². The largest absolute Gasteiger partial charge is 0.394 e. The van der Waals surface area contributed by atoms with Crippen molar-refractivity contribution in [3.05, 3.63) is 0 Å². The molecule has 9 heteroatoms. The fourth-order valence-electron chi connectivity index (χ4n) is 1.55. The van der Waals surface area contributed by atoms with Crippen molar-refractivity contribution in [1.82, 2.24) is 10.6 Å². The Morgan fingerprint density at radius 2 is 1.78 bits per heavy atom. The van der Waals surface area contributed by atoms with Gasteiger partial charge in [-0.3, -0.25) is 10.1 Å². The molecule has 0 aromatic rings. The van der Waals surface area contributed by atoms with Crippen LogP contribution in [0.3, 0.4) is 0 Å². The van der Waals surface area contributed by atoms with Gasteiger partial charge in [0.2, 0.25) is 5.91 Å². The third-order valence-electron chi connectivity index (χ3n) is 2.46. The molecule has 0 aromatic heterocycles. The third kappa shape index (κ3) is 3.37. The van der Waals surface area contributed by atoms with Gasteiger partial charge >= 0.3 is 6.03 Å². The van der Waals surface area contributed by atoms with Gasteiger partial charge in [0.1, 0.15) is 24.4 Å². The van der Waals surface area contributed by atoms with Crippen molar-refractivity contribution in [2.75, 3.05) is 6.61 Å². The number of aliphatic hydroxyl groups is 4. The minimum Gasteiger partial charge on any atom is -0.394 e. The van der Waals surface area contributed by atoms with E-state index in [1.165, 1.54) is 0 Å². The molecule has 9 nitrogen and oxygen atoms in total. The molecule has 0 unspecified atom stereocenters. The van der Waals surface area contributed by atoms with Gasteiger partial charge in [-0.05, 0) is 0 Å². The van der Waals surface area contributed by atoms with Crippen LogP contribution in [0.1, 0.15) is 6.92 Å². The first-order chi connectivity index (χ1) is 8.36. The number of nitrogens with one attached hydrogen (secondary N) is 2. The maximum absolute atomic E-state index is 11.2. The molecule has 0 saturated carbocycles. The van der Waals surface area contributed by atoms with Crippen LogP contribution in [0.5, 0.6) is 0 Å². The molecule has 1 saturated heterocycles. The van der Waals surface area contributed by atoms with Crippen LogP contribution in [-0.4, -0.2) is 69.6 Å². The van der Waals surface area contributed by atoms with Crippen molar-refractivity contribution in [3.63, 3.8) is 0 Å². The van der Waals surface area contributed by atoms with E-state index in [-0.39, 0.29) is 0 Å². The smallest absolute Gasteiger partial charge is 0.323 e. The molecule has 5 atom stereocenters. The summed E-state index contributed by atoms with van der Waals surface area (Å²) >= 11 is 0. The highest BCUT2D eigenvalue weighted by molar-refractivity contribution is 5.93. The fourth-order valence-corrected chi connectivity index (χ4v) is 1.55. The number of ether oxygens (including phenoxy) is 1. The molecular weight excluding hydrogens is 248 g/mol. The molecule has 1 rings (SSSR count). The molecule has 0 aromatic carbocycles. The van der Waals surface area contributed by atoms with E-state index in [9.17, 15) is 24.9 Å². The number of urea groups is 1. The van der Waals surface area contributed by atoms with Crippen molar-refractivity contribution in [3.8, 4) is 0 Å². The normalized spacial score (nSPS) is 35.9. The van der Waals surface area contributed by atoms with E-state index in [1.807, 2.05) is 5.32 Å². The Balaban J connectivity index is 2.64. The van der Waals surface area contributed by atoms with E-state index in [4.69, 9.17) is 9.84 Å². The lowest BCUT2D eigenvalue weighted by atomic mass is 9.98. The first kappa shape index (κ1) is 14.8. The highest BCUT2D eigenvalue weighted by atomic mass is 16.6. The second-order valence-electron chi connectivity index (χ2n) is 3.90. The number of rotatable bonds is 2. The summed E-state index contributed by atoms with van der Waals surface area (Å²) in [6, 6.07) is -0.924. The summed E-state index contributed by atoms with van der Waals surface area (Å²) in [7, 11) is 0. The van der Waals surface area contributed by atoms with E-state index in [2.05, 4.69) is 5.32 Å².